The minimum atomic E-state index is -0.285. The topological polar surface area (TPSA) is 82.4 Å². The Hall–Kier alpha value is -3.35. The molecule has 0 saturated carbocycles. The van der Waals surface area contributed by atoms with E-state index in [9.17, 15) is 9.59 Å². The Morgan fingerprint density at radius 3 is 2.48 bits per heavy atom. The van der Waals surface area contributed by atoms with Gasteiger partial charge in [-0.1, -0.05) is 32.0 Å². The average molecular weight is 395 g/mol. The van der Waals surface area contributed by atoms with Gasteiger partial charge in [-0.15, -0.1) is 0 Å². The second-order valence-corrected chi connectivity index (χ2v) is 7.10. The zero-order chi connectivity index (χ0) is 20.8. The summed E-state index contributed by atoms with van der Waals surface area (Å²) >= 11 is 0. The second-order valence-electron chi connectivity index (χ2n) is 7.10. The monoisotopic (exact) mass is 395 g/mol. The molecule has 1 aromatic heterocycles. The highest BCUT2D eigenvalue weighted by atomic mass is 16.5. The standard InChI is InChI=1S/C22H25N3O4/c1-15(2)20(14-29-18-10-8-17(28-3)9-11-18)24-21(26)13-25-22(27)19-7-5-4-6-16(19)12-23-25/h4-12,15,20H,13-14H2,1-3H3,(H,24,26)/t20-/m0/s1. The maximum Gasteiger partial charge on any atom is 0.275 e. The molecule has 2 aromatic carbocycles. The van der Waals surface area contributed by atoms with Gasteiger partial charge in [0.15, 0.2) is 0 Å². The lowest BCUT2D eigenvalue weighted by Crippen LogP contribution is -2.45. The number of nitrogens with zero attached hydrogens (tertiary/aromatic N) is 2. The summed E-state index contributed by atoms with van der Waals surface area (Å²) in [4.78, 5) is 25.1. The molecule has 1 N–H and O–H groups in total. The largest absolute Gasteiger partial charge is 0.497 e. The van der Waals surface area contributed by atoms with Crippen LogP contribution in [0, 0.1) is 5.92 Å². The Morgan fingerprint density at radius 1 is 1.10 bits per heavy atom. The number of nitrogens with one attached hydrogen (secondary N) is 1. The average Bonchev–Trinajstić information content (AvgIpc) is 2.73. The van der Waals surface area contributed by atoms with E-state index in [1.165, 1.54) is 4.68 Å². The quantitative estimate of drug-likeness (QED) is 0.634. The molecule has 3 aromatic rings. The molecule has 0 radical (unpaired) electrons. The van der Waals surface area contributed by atoms with E-state index in [2.05, 4.69) is 10.4 Å². The fraction of sp³-hybridized carbons (Fsp3) is 0.318. The van der Waals surface area contributed by atoms with E-state index in [1.54, 1.807) is 25.4 Å². The fourth-order valence-electron chi connectivity index (χ4n) is 2.89. The summed E-state index contributed by atoms with van der Waals surface area (Å²) in [6.45, 7) is 4.18. The van der Waals surface area contributed by atoms with Crippen LogP contribution < -0.4 is 20.3 Å². The van der Waals surface area contributed by atoms with Crippen molar-refractivity contribution < 1.29 is 14.3 Å². The highest BCUT2D eigenvalue weighted by molar-refractivity contribution is 5.81. The van der Waals surface area contributed by atoms with Crippen molar-refractivity contribution in [3.8, 4) is 11.5 Å². The van der Waals surface area contributed by atoms with Crippen LogP contribution >= 0.6 is 0 Å². The van der Waals surface area contributed by atoms with Crippen molar-refractivity contribution in [2.24, 2.45) is 5.92 Å². The molecule has 0 aliphatic heterocycles. The van der Waals surface area contributed by atoms with Crippen molar-refractivity contribution in [2.75, 3.05) is 13.7 Å². The first-order valence-corrected chi connectivity index (χ1v) is 9.49. The van der Waals surface area contributed by atoms with Crippen LogP contribution in [0.25, 0.3) is 10.8 Å². The van der Waals surface area contributed by atoms with Crippen LogP contribution in [-0.4, -0.2) is 35.4 Å². The van der Waals surface area contributed by atoms with E-state index < -0.39 is 0 Å². The zero-order valence-corrected chi connectivity index (χ0v) is 16.8. The number of benzene rings is 2. The van der Waals surface area contributed by atoms with Crippen LogP contribution in [0.3, 0.4) is 0 Å². The first kappa shape index (κ1) is 20.4. The molecule has 3 rings (SSSR count). The van der Waals surface area contributed by atoms with Crippen LogP contribution in [0.5, 0.6) is 11.5 Å². The molecular formula is C22H25N3O4. The van der Waals surface area contributed by atoms with E-state index in [1.807, 2.05) is 50.2 Å². The van der Waals surface area contributed by atoms with Crippen LogP contribution in [0.2, 0.25) is 0 Å². The highest BCUT2D eigenvalue weighted by Gasteiger charge is 2.18. The first-order valence-electron chi connectivity index (χ1n) is 9.49. The molecule has 1 heterocycles. The van der Waals surface area contributed by atoms with Crippen LogP contribution in [0.15, 0.2) is 59.5 Å². The fourth-order valence-corrected chi connectivity index (χ4v) is 2.89. The number of fused-ring (bicyclic) bond motifs is 1. The van der Waals surface area contributed by atoms with E-state index in [0.717, 1.165) is 11.1 Å². The number of carbonyl (C=O) groups is 1. The zero-order valence-electron chi connectivity index (χ0n) is 16.8. The Morgan fingerprint density at radius 2 is 1.79 bits per heavy atom. The predicted octanol–water partition coefficient (Wildman–Crippen LogP) is 2.62. The van der Waals surface area contributed by atoms with Crippen molar-refractivity contribution >= 4 is 16.7 Å². The summed E-state index contributed by atoms with van der Waals surface area (Å²) in [6, 6.07) is 14.2. The van der Waals surface area contributed by atoms with E-state index in [-0.39, 0.29) is 30.0 Å². The summed E-state index contributed by atoms with van der Waals surface area (Å²) in [6.07, 6.45) is 1.59. The van der Waals surface area contributed by atoms with Gasteiger partial charge >= 0.3 is 0 Å². The van der Waals surface area contributed by atoms with Gasteiger partial charge in [0.25, 0.3) is 5.56 Å². The number of hydrogen-bond acceptors (Lipinski definition) is 5. The van der Waals surface area contributed by atoms with Gasteiger partial charge in [-0.05, 0) is 36.2 Å². The third kappa shape index (κ3) is 5.13. The molecule has 1 atom stereocenters. The van der Waals surface area contributed by atoms with Gasteiger partial charge in [0.1, 0.15) is 24.7 Å². The maximum atomic E-state index is 12.5. The maximum absolute atomic E-state index is 12.5. The number of amides is 1. The Kier molecular flexibility index (Phi) is 6.49. The van der Waals surface area contributed by atoms with Crippen molar-refractivity contribution in [1.29, 1.82) is 0 Å². The summed E-state index contributed by atoms with van der Waals surface area (Å²) in [5, 5.41) is 8.35. The minimum Gasteiger partial charge on any atom is -0.497 e. The number of hydrogen-bond donors (Lipinski definition) is 1. The van der Waals surface area contributed by atoms with Crippen molar-refractivity contribution in [1.82, 2.24) is 15.1 Å². The molecule has 29 heavy (non-hydrogen) atoms. The molecule has 152 valence electrons. The van der Waals surface area contributed by atoms with Crippen LogP contribution in [0.1, 0.15) is 13.8 Å². The molecular weight excluding hydrogens is 370 g/mol. The number of methoxy groups -OCH3 is 1. The van der Waals surface area contributed by atoms with E-state index in [4.69, 9.17) is 9.47 Å². The molecule has 7 nitrogen and oxygen atoms in total. The Balaban J connectivity index is 1.63. The molecule has 0 unspecified atom stereocenters. The first-order chi connectivity index (χ1) is 14.0. The van der Waals surface area contributed by atoms with Crippen LogP contribution in [-0.2, 0) is 11.3 Å². The summed E-state index contributed by atoms with van der Waals surface area (Å²) in [5.41, 5.74) is -0.283. The van der Waals surface area contributed by atoms with Crippen LogP contribution in [0.4, 0.5) is 0 Å². The van der Waals surface area contributed by atoms with Gasteiger partial charge in [0.05, 0.1) is 24.7 Å². The lowest BCUT2D eigenvalue weighted by molar-refractivity contribution is -0.123. The minimum absolute atomic E-state index is 0.143. The molecule has 0 aliphatic rings. The number of ether oxygens (including phenoxy) is 2. The smallest absolute Gasteiger partial charge is 0.275 e. The van der Waals surface area contributed by atoms with E-state index in [0.29, 0.717) is 17.7 Å². The van der Waals surface area contributed by atoms with Gasteiger partial charge in [-0.2, -0.15) is 5.10 Å². The van der Waals surface area contributed by atoms with Gasteiger partial charge in [-0.25, -0.2) is 4.68 Å². The molecule has 0 saturated heterocycles. The number of aromatic nitrogens is 2. The molecule has 0 spiro atoms. The third-order valence-corrected chi connectivity index (χ3v) is 4.70. The van der Waals surface area contributed by atoms with Crippen molar-refractivity contribution in [2.45, 2.75) is 26.4 Å². The van der Waals surface area contributed by atoms with Crippen molar-refractivity contribution in [3.05, 3.63) is 65.1 Å². The summed E-state index contributed by atoms with van der Waals surface area (Å²) in [5.74, 6) is 1.31. The van der Waals surface area contributed by atoms with Gasteiger partial charge in [-0.3, -0.25) is 9.59 Å². The normalized spacial score (nSPS) is 12.0. The molecule has 0 bridgehead atoms. The van der Waals surface area contributed by atoms with Gasteiger partial charge < -0.3 is 14.8 Å². The lowest BCUT2D eigenvalue weighted by Gasteiger charge is -2.23. The summed E-state index contributed by atoms with van der Waals surface area (Å²) < 4.78 is 12.1. The highest BCUT2D eigenvalue weighted by Crippen LogP contribution is 2.17. The molecule has 1 amide bonds. The predicted molar refractivity (Wildman–Crippen MR) is 111 cm³/mol. The third-order valence-electron chi connectivity index (χ3n) is 4.70. The van der Waals surface area contributed by atoms with E-state index >= 15 is 0 Å². The lowest BCUT2D eigenvalue weighted by atomic mass is 10.1. The molecule has 7 heteroatoms. The van der Waals surface area contributed by atoms with Gasteiger partial charge in [0.2, 0.25) is 5.91 Å². The van der Waals surface area contributed by atoms with Gasteiger partial charge in [0, 0.05) is 5.39 Å². The summed E-state index contributed by atoms with van der Waals surface area (Å²) in [7, 11) is 1.61. The second kappa shape index (κ2) is 9.23. The molecule has 0 fully saturated rings. The Bertz CT molecular complexity index is 1030. The SMILES string of the molecule is COc1ccc(OC[C@H](NC(=O)Cn2ncc3ccccc3c2=O)C(C)C)cc1. The molecule has 0 aliphatic carbocycles. The number of rotatable bonds is 8. The number of carbonyl (C=O) groups excluding carboxylic acids is 1. The van der Waals surface area contributed by atoms with Crippen molar-refractivity contribution in [3.63, 3.8) is 0 Å². The Labute approximate surface area is 169 Å².